The van der Waals surface area contributed by atoms with Crippen LogP contribution in [0, 0.1) is 17.8 Å². The summed E-state index contributed by atoms with van der Waals surface area (Å²) in [5.74, 6) is 2.19. The molecule has 35 heavy (non-hydrogen) atoms. The highest BCUT2D eigenvalue weighted by atomic mass is 16.5. The minimum Gasteiger partial charge on any atom is -0.497 e. The first-order valence-corrected chi connectivity index (χ1v) is 12.4. The summed E-state index contributed by atoms with van der Waals surface area (Å²) in [4.78, 5) is 29.4. The van der Waals surface area contributed by atoms with Crippen molar-refractivity contribution in [2.75, 3.05) is 20.8 Å². The molecule has 3 aliphatic rings. The van der Waals surface area contributed by atoms with E-state index >= 15 is 0 Å². The summed E-state index contributed by atoms with van der Waals surface area (Å²) in [6.07, 6.45) is 2.26. The fourth-order valence-corrected chi connectivity index (χ4v) is 6.03. The van der Waals surface area contributed by atoms with Gasteiger partial charge in [0.2, 0.25) is 0 Å². The van der Waals surface area contributed by atoms with Gasteiger partial charge < -0.3 is 19.1 Å². The van der Waals surface area contributed by atoms with Crippen LogP contribution in [0.15, 0.2) is 59.9 Å². The van der Waals surface area contributed by atoms with Crippen molar-refractivity contribution >= 4 is 11.7 Å². The molecule has 0 spiro atoms. The molecule has 2 aromatic rings. The van der Waals surface area contributed by atoms with E-state index in [1.165, 1.54) is 0 Å². The number of carbonyl (C=O) groups is 2. The lowest BCUT2D eigenvalue weighted by Gasteiger charge is -2.41. The van der Waals surface area contributed by atoms with Gasteiger partial charge in [-0.15, -0.1) is 0 Å². The summed E-state index contributed by atoms with van der Waals surface area (Å²) in [6, 6.07) is 15.0. The highest BCUT2D eigenvalue weighted by Crippen LogP contribution is 2.49. The van der Waals surface area contributed by atoms with Crippen molar-refractivity contribution in [3.63, 3.8) is 0 Å². The smallest absolute Gasteiger partial charge is 0.290 e. The number of ketones is 1. The van der Waals surface area contributed by atoms with Crippen LogP contribution in [-0.2, 0) is 20.7 Å². The quantitative estimate of drug-likeness (QED) is 0.604. The number of amides is 1. The number of nitrogens with zero attached hydrogens (tertiary/aromatic N) is 1. The first kappa shape index (κ1) is 23.5. The average molecular weight is 476 g/mol. The van der Waals surface area contributed by atoms with Crippen LogP contribution < -0.4 is 9.47 Å². The molecule has 0 bridgehead atoms. The molecule has 184 valence electrons. The zero-order chi connectivity index (χ0) is 24.7. The molecule has 5 unspecified atom stereocenters. The van der Waals surface area contributed by atoms with Crippen LogP contribution >= 0.6 is 0 Å². The molecule has 2 aliphatic heterocycles. The van der Waals surface area contributed by atoms with Gasteiger partial charge >= 0.3 is 0 Å². The Balaban J connectivity index is 1.49. The summed E-state index contributed by atoms with van der Waals surface area (Å²) in [5, 5.41) is 0. The van der Waals surface area contributed by atoms with Gasteiger partial charge in [-0.05, 0) is 66.5 Å². The summed E-state index contributed by atoms with van der Waals surface area (Å²) in [7, 11) is 3.27. The van der Waals surface area contributed by atoms with Crippen LogP contribution in [0.4, 0.5) is 0 Å². The Morgan fingerprint density at radius 3 is 2.17 bits per heavy atom. The molecule has 1 amide bonds. The monoisotopic (exact) mass is 475 g/mol. The molecule has 0 aromatic heterocycles. The van der Waals surface area contributed by atoms with Crippen molar-refractivity contribution in [2.45, 2.75) is 45.3 Å². The molecule has 5 atom stereocenters. The number of fused-ring (bicyclic) bond motifs is 1. The second-order valence-electron chi connectivity index (χ2n) is 10.1. The second-order valence-corrected chi connectivity index (χ2v) is 10.1. The van der Waals surface area contributed by atoms with Gasteiger partial charge in [0, 0.05) is 6.54 Å². The summed E-state index contributed by atoms with van der Waals surface area (Å²) in [5.41, 5.74) is 2.52. The third-order valence-electron chi connectivity index (χ3n) is 7.76. The third kappa shape index (κ3) is 4.19. The van der Waals surface area contributed by atoms with Crippen molar-refractivity contribution in [1.29, 1.82) is 0 Å². The SMILES string of the molecule is COc1ccc(CCN2C(=O)C3=C(C(=O)C4CC(C)CC(C)C4O3)C2c2ccc(OC)cc2)cc1. The normalized spacial score (nSPS) is 27.9. The predicted molar refractivity (Wildman–Crippen MR) is 132 cm³/mol. The van der Waals surface area contributed by atoms with Crippen LogP contribution in [0.5, 0.6) is 11.5 Å². The van der Waals surface area contributed by atoms with Gasteiger partial charge in [0.1, 0.15) is 17.6 Å². The van der Waals surface area contributed by atoms with Crippen LogP contribution in [0.2, 0.25) is 0 Å². The topological polar surface area (TPSA) is 65.1 Å². The summed E-state index contributed by atoms with van der Waals surface area (Å²) >= 11 is 0. The van der Waals surface area contributed by atoms with Gasteiger partial charge in [0.15, 0.2) is 11.5 Å². The minimum absolute atomic E-state index is 0.0794. The van der Waals surface area contributed by atoms with E-state index in [-0.39, 0.29) is 35.4 Å². The third-order valence-corrected chi connectivity index (χ3v) is 7.76. The lowest BCUT2D eigenvalue weighted by atomic mass is 9.70. The van der Waals surface area contributed by atoms with Gasteiger partial charge in [0.25, 0.3) is 5.91 Å². The first-order chi connectivity index (χ1) is 16.9. The number of benzene rings is 2. The molecule has 6 nitrogen and oxygen atoms in total. The van der Waals surface area contributed by atoms with Crippen LogP contribution in [0.25, 0.3) is 0 Å². The average Bonchev–Trinajstić information content (AvgIpc) is 3.15. The molecule has 1 aliphatic carbocycles. The van der Waals surface area contributed by atoms with Gasteiger partial charge in [-0.3, -0.25) is 9.59 Å². The Labute approximate surface area is 206 Å². The van der Waals surface area contributed by atoms with Crippen LogP contribution in [0.3, 0.4) is 0 Å². The Bertz CT molecular complexity index is 1140. The zero-order valence-electron chi connectivity index (χ0n) is 20.8. The van der Waals surface area contributed by atoms with E-state index in [1.54, 1.807) is 19.1 Å². The number of carbonyl (C=O) groups excluding carboxylic acids is 2. The maximum absolute atomic E-state index is 13.9. The lowest BCUT2D eigenvalue weighted by Crippen LogP contribution is -2.45. The number of Topliss-reactive ketones (excluding diaryl/α,β-unsaturated/α-hetero) is 1. The van der Waals surface area contributed by atoms with E-state index in [0.29, 0.717) is 24.5 Å². The number of ether oxygens (including phenoxy) is 3. The zero-order valence-corrected chi connectivity index (χ0v) is 20.8. The largest absolute Gasteiger partial charge is 0.497 e. The van der Waals surface area contributed by atoms with E-state index in [0.717, 1.165) is 35.5 Å². The molecule has 5 rings (SSSR count). The summed E-state index contributed by atoms with van der Waals surface area (Å²) < 4.78 is 17.0. The standard InChI is InChI=1S/C29H33NO5/c1-17-15-18(2)27-23(16-17)26(31)24-25(20-7-11-22(34-4)12-8-20)30(29(32)28(24)35-27)14-13-19-5-9-21(33-3)10-6-19/h5-12,17-18,23,25,27H,13-16H2,1-4H3. The lowest BCUT2D eigenvalue weighted by molar-refractivity contribution is -0.138. The van der Waals surface area contributed by atoms with E-state index in [9.17, 15) is 9.59 Å². The molecule has 1 saturated carbocycles. The van der Waals surface area contributed by atoms with Gasteiger partial charge in [-0.1, -0.05) is 38.1 Å². The summed E-state index contributed by atoms with van der Waals surface area (Å²) in [6.45, 7) is 4.81. The minimum atomic E-state index is -0.456. The molecular formula is C29H33NO5. The highest BCUT2D eigenvalue weighted by Gasteiger charge is 2.53. The molecule has 1 fully saturated rings. The van der Waals surface area contributed by atoms with Gasteiger partial charge in [0.05, 0.1) is 31.8 Å². The predicted octanol–water partition coefficient (Wildman–Crippen LogP) is 4.73. The van der Waals surface area contributed by atoms with Crippen molar-refractivity contribution in [3.8, 4) is 11.5 Å². The maximum atomic E-state index is 13.9. The molecule has 0 saturated heterocycles. The number of rotatable bonds is 6. The number of hydrogen-bond acceptors (Lipinski definition) is 5. The van der Waals surface area contributed by atoms with E-state index in [1.807, 2.05) is 48.5 Å². The van der Waals surface area contributed by atoms with Gasteiger partial charge in [-0.25, -0.2) is 0 Å². The molecule has 2 aromatic carbocycles. The fraction of sp³-hybridized carbons (Fsp3) is 0.448. The molecular weight excluding hydrogens is 442 g/mol. The fourth-order valence-electron chi connectivity index (χ4n) is 6.03. The van der Waals surface area contributed by atoms with Gasteiger partial charge in [-0.2, -0.15) is 0 Å². The van der Waals surface area contributed by atoms with Crippen molar-refractivity contribution in [1.82, 2.24) is 4.90 Å². The second kappa shape index (κ2) is 9.40. The molecule has 6 heteroatoms. The van der Waals surface area contributed by atoms with Crippen LogP contribution in [0.1, 0.15) is 43.9 Å². The number of methoxy groups -OCH3 is 2. The Hall–Kier alpha value is -3.28. The van der Waals surface area contributed by atoms with Crippen molar-refractivity contribution < 1.29 is 23.8 Å². The highest BCUT2D eigenvalue weighted by molar-refractivity contribution is 6.11. The van der Waals surface area contributed by atoms with E-state index in [4.69, 9.17) is 14.2 Å². The Kier molecular flexibility index (Phi) is 6.30. The van der Waals surface area contributed by atoms with Crippen molar-refractivity contribution in [2.24, 2.45) is 17.8 Å². The van der Waals surface area contributed by atoms with E-state index < -0.39 is 6.04 Å². The molecule has 2 heterocycles. The van der Waals surface area contributed by atoms with Crippen LogP contribution in [-0.4, -0.2) is 43.5 Å². The first-order valence-electron chi connectivity index (χ1n) is 12.4. The Morgan fingerprint density at radius 2 is 1.54 bits per heavy atom. The number of hydrogen-bond donors (Lipinski definition) is 0. The molecule has 0 radical (unpaired) electrons. The van der Waals surface area contributed by atoms with Crippen molar-refractivity contribution in [3.05, 3.63) is 71.0 Å². The maximum Gasteiger partial charge on any atom is 0.290 e. The molecule has 0 N–H and O–H groups in total. The Morgan fingerprint density at radius 1 is 0.914 bits per heavy atom. The van der Waals surface area contributed by atoms with E-state index in [2.05, 4.69) is 13.8 Å².